The zero-order valence-electron chi connectivity index (χ0n) is 17.4. The number of hydrogen-bond acceptors (Lipinski definition) is 4. The fourth-order valence-electron chi connectivity index (χ4n) is 3.37. The SMILES string of the molecule is O=C(NC(Cc1ccccc1)C(=O)Oc1ccc2ccccc2c1)OCc1ccccc1. The third-order valence-corrected chi connectivity index (χ3v) is 5.01. The summed E-state index contributed by atoms with van der Waals surface area (Å²) < 4.78 is 10.9. The number of carbonyl (C=O) groups excluding carboxylic acids is 2. The lowest BCUT2D eigenvalue weighted by Gasteiger charge is -2.18. The molecule has 4 aromatic carbocycles. The molecule has 0 saturated carbocycles. The lowest BCUT2D eigenvalue weighted by atomic mass is 10.1. The number of benzene rings is 4. The maximum atomic E-state index is 13.0. The van der Waals surface area contributed by atoms with E-state index in [1.165, 1.54) is 0 Å². The van der Waals surface area contributed by atoms with Crippen molar-refractivity contribution >= 4 is 22.8 Å². The van der Waals surface area contributed by atoms with Gasteiger partial charge in [-0.05, 0) is 34.0 Å². The molecule has 1 unspecified atom stereocenters. The molecule has 160 valence electrons. The first kappa shape index (κ1) is 21.1. The minimum Gasteiger partial charge on any atom is -0.445 e. The third-order valence-electron chi connectivity index (χ3n) is 5.01. The zero-order valence-corrected chi connectivity index (χ0v) is 17.4. The number of esters is 1. The number of hydrogen-bond donors (Lipinski definition) is 1. The van der Waals surface area contributed by atoms with Gasteiger partial charge in [-0.1, -0.05) is 91.0 Å². The fraction of sp³-hybridized carbons (Fsp3) is 0.111. The fourth-order valence-corrected chi connectivity index (χ4v) is 3.37. The first-order chi connectivity index (χ1) is 15.7. The Kier molecular flexibility index (Phi) is 6.78. The van der Waals surface area contributed by atoms with Crippen LogP contribution in [-0.2, 0) is 22.6 Å². The van der Waals surface area contributed by atoms with Gasteiger partial charge in [0.25, 0.3) is 0 Å². The molecule has 0 spiro atoms. The van der Waals surface area contributed by atoms with Gasteiger partial charge in [-0.15, -0.1) is 0 Å². The summed E-state index contributed by atoms with van der Waals surface area (Å²) in [4.78, 5) is 25.4. The number of amides is 1. The number of fused-ring (bicyclic) bond motifs is 1. The van der Waals surface area contributed by atoms with Crippen molar-refractivity contribution in [1.82, 2.24) is 5.32 Å². The standard InChI is InChI=1S/C27H23NO4/c29-26(32-24-16-15-22-13-7-8-14-23(22)18-24)25(17-20-9-3-1-4-10-20)28-27(30)31-19-21-11-5-2-6-12-21/h1-16,18,25H,17,19H2,(H,28,30). The molecule has 0 radical (unpaired) electrons. The number of alkyl carbamates (subject to hydrolysis) is 1. The van der Waals surface area contributed by atoms with Crippen LogP contribution in [0.25, 0.3) is 10.8 Å². The van der Waals surface area contributed by atoms with Crippen LogP contribution in [-0.4, -0.2) is 18.1 Å². The van der Waals surface area contributed by atoms with Gasteiger partial charge in [0.2, 0.25) is 0 Å². The lowest BCUT2D eigenvalue weighted by molar-refractivity contribution is -0.136. The maximum absolute atomic E-state index is 13.0. The summed E-state index contributed by atoms with van der Waals surface area (Å²) in [7, 11) is 0. The Bertz CT molecular complexity index is 1190. The predicted molar refractivity (Wildman–Crippen MR) is 123 cm³/mol. The molecule has 0 saturated heterocycles. The van der Waals surface area contributed by atoms with E-state index in [1.54, 1.807) is 12.1 Å². The molecule has 0 aliphatic rings. The molecule has 5 nitrogen and oxygen atoms in total. The molecule has 4 aromatic rings. The highest BCUT2D eigenvalue weighted by atomic mass is 16.6. The van der Waals surface area contributed by atoms with E-state index in [9.17, 15) is 9.59 Å². The smallest absolute Gasteiger partial charge is 0.408 e. The van der Waals surface area contributed by atoms with Gasteiger partial charge in [-0.3, -0.25) is 0 Å². The molecule has 4 rings (SSSR count). The molecule has 0 heterocycles. The highest BCUT2D eigenvalue weighted by Gasteiger charge is 2.24. The van der Waals surface area contributed by atoms with Gasteiger partial charge in [0.1, 0.15) is 18.4 Å². The van der Waals surface area contributed by atoms with Crippen LogP contribution in [0.2, 0.25) is 0 Å². The Morgan fingerprint density at radius 1 is 0.719 bits per heavy atom. The summed E-state index contributed by atoms with van der Waals surface area (Å²) in [5, 5.41) is 4.67. The lowest BCUT2D eigenvalue weighted by Crippen LogP contribution is -2.44. The molecular weight excluding hydrogens is 402 g/mol. The van der Waals surface area contributed by atoms with Gasteiger partial charge >= 0.3 is 12.1 Å². The summed E-state index contributed by atoms with van der Waals surface area (Å²) in [6.07, 6.45) is -0.390. The van der Waals surface area contributed by atoms with Gasteiger partial charge in [-0.2, -0.15) is 0 Å². The number of carbonyl (C=O) groups is 2. The van der Waals surface area contributed by atoms with E-state index in [2.05, 4.69) is 5.32 Å². The van der Waals surface area contributed by atoms with Crippen molar-refractivity contribution in [2.75, 3.05) is 0 Å². The van der Waals surface area contributed by atoms with E-state index in [1.807, 2.05) is 91.0 Å². The van der Waals surface area contributed by atoms with Crippen LogP contribution < -0.4 is 10.1 Å². The average molecular weight is 425 g/mol. The van der Waals surface area contributed by atoms with Crippen molar-refractivity contribution < 1.29 is 19.1 Å². The van der Waals surface area contributed by atoms with Crippen LogP contribution in [0.4, 0.5) is 4.79 Å². The average Bonchev–Trinajstić information content (AvgIpc) is 2.83. The largest absolute Gasteiger partial charge is 0.445 e. The van der Waals surface area contributed by atoms with Crippen LogP contribution in [0, 0.1) is 0 Å². The predicted octanol–water partition coefficient (Wildman–Crippen LogP) is 5.28. The van der Waals surface area contributed by atoms with Gasteiger partial charge < -0.3 is 14.8 Å². The number of nitrogens with one attached hydrogen (secondary N) is 1. The second kappa shape index (κ2) is 10.3. The molecule has 1 N–H and O–H groups in total. The molecule has 1 atom stereocenters. The van der Waals surface area contributed by atoms with E-state index in [0.29, 0.717) is 5.75 Å². The summed E-state index contributed by atoms with van der Waals surface area (Å²) in [5.41, 5.74) is 1.76. The van der Waals surface area contributed by atoms with Gasteiger partial charge in [-0.25, -0.2) is 9.59 Å². The Labute approximate surface area is 186 Å². The van der Waals surface area contributed by atoms with E-state index in [-0.39, 0.29) is 13.0 Å². The Balaban J connectivity index is 1.45. The van der Waals surface area contributed by atoms with E-state index in [4.69, 9.17) is 9.47 Å². The molecule has 32 heavy (non-hydrogen) atoms. The van der Waals surface area contributed by atoms with Crippen molar-refractivity contribution in [2.45, 2.75) is 19.1 Å². The molecule has 0 aromatic heterocycles. The Morgan fingerprint density at radius 3 is 2.06 bits per heavy atom. The normalized spacial score (nSPS) is 11.5. The Hall–Kier alpha value is -4.12. The first-order valence-corrected chi connectivity index (χ1v) is 10.4. The quantitative estimate of drug-likeness (QED) is 0.323. The minimum atomic E-state index is -0.896. The molecule has 0 aliphatic carbocycles. The van der Waals surface area contributed by atoms with E-state index >= 15 is 0 Å². The van der Waals surface area contributed by atoms with Gasteiger partial charge in [0.05, 0.1) is 0 Å². The molecule has 0 aliphatic heterocycles. The molecule has 0 bridgehead atoms. The second-order valence-electron chi connectivity index (χ2n) is 7.38. The summed E-state index contributed by atoms with van der Waals surface area (Å²) >= 11 is 0. The second-order valence-corrected chi connectivity index (χ2v) is 7.38. The van der Waals surface area contributed by atoms with Gasteiger partial charge in [0.15, 0.2) is 0 Å². The zero-order chi connectivity index (χ0) is 22.2. The van der Waals surface area contributed by atoms with Crippen LogP contribution in [0.5, 0.6) is 5.75 Å². The van der Waals surface area contributed by atoms with E-state index < -0.39 is 18.1 Å². The van der Waals surface area contributed by atoms with Crippen molar-refractivity contribution in [2.24, 2.45) is 0 Å². The summed E-state index contributed by atoms with van der Waals surface area (Å²) in [5.74, 6) is -0.132. The summed E-state index contributed by atoms with van der Waals surface area (Å²) in [6.45, 7) is 0.116. The number of ether oxygens (including phenoxy) is 2. The first-order valence-electron chi connectivity index (χ1n) is 10.4. The van der Waals surface area contributed by atoms with Crippen molar-refractivity contribution in [1.29, 1.82) is 0 Å². The highest BCUT2D eigenvalue weighted by molar-refractivity contribution is 5.86. The molecular formula is C27H23NO4. The van der Waals surface area contributed by atoms with E-state index in [0.717, 1.165) is 21.9 Å². The topological polar surface area (TPSA) is 64.6 Å². The van der Waals surface area contributed by atoms with Crippen molar-refractivity contribution in [3.8, 4) is 5.75 Å². The summed E-state index contributed by atoms with van der Waals surface area (Å²) in [6, 6.07) is 31.2. The van der Waals surface area contributed by atoms with Gasteiger partial charge in [0, 0.05) is 6.42 Å². The molecule has 5 heteroatoms. The highest BCUT2D eigenvalue weighted by Crippen LogP contribution is 2.21. The number of rotatable bonds is 7. The molecule has 0 fully saturated rings. The van der Waals surface area contributed by atoms with Crippen LogP contribution in [0.3, 0.4) is 0 Å². The van der Waals surface area contributed by atoms with Crippen LogP contribution in [0.1, 0.15) is 11.1 Å². The Morgan fingerprint density at radius 2 is 1.34 bits per heavy atom. The maximum Gasteiger partial charge on any atom is 0.408 e. The van der Waals surface area contributed by atoms with Crippen LogP contribution in [0.15, 0.2) is 103 Å². The van der Waals surface area contributed by atoms with Crippen molar-refractivity contribution in [3.63, 3.8) is 0 Å². The van der Waals surface area contributed by atoms with Crippen LogP contribution >= 0.6 is 0 Å². The monoisotopic (exact) mass is 425 g/mol. The molecule has 1 amide bonds. The van der Waals surface area contributed by atoms with Crippen molar-refractivity contribution in [3.05, 3.63) is 114 Å². The third kappa shape index (κ3) is 5.73. The minimum absolute atomic E-state index is 0.116.